The van der Waals surface area contributed by atoms with Crippen LogP contribution in [0.3, 0.4) is 0 Å². The van der Waals surface area contributed by atoms with Crippen LogP contribution in [0.25, 0.3) is 0 Å². The van der Waals surface area contributed by atoms with Gasteiger partial charge >= 0.3 is 5.97 Å². The molecule has 2 N–H and O–H groups in total. The molecule has 1 aliphatic heterocycles. The molecule has 2 atom stereocenters. The van der Waals surface area contributed by atoms with Gasteiger partial charge in [0.15, 0.2) is 6.10 Å². The van der Waals surface area contributed by atoms with Gasteiger partial charge in [-0.05, 0) is 32.4 Å². The maximum Gasteiger partial charge on any atom is 0.303 e. The fraction of sp³-hybridized carbons (Fsp3) is 0.438. The molecule has 0 fully saturated rings. The number of rotatable bonds is 6. The maximum atomic E-state index is 12.4. The lowest BCUT2D eigenvalue weighted by molar-refractivity contribution is -0.137. The Hall–Kier alpha value is -2.57. The van der Waals surface area contributed by atoms with Gasteiger partial charge in [0.2, 0.25) is 5.91 Å². The molecule has 23 heavy (non-hydrogen) atoms. The Balaban J connectivity index is 2.08. The summed E-state index contributed by atoms with van der Waals surface area (Å²) in [6.45, 7) is 3.53. The fourth-order valence-corrected chi connectivity index (χ4v) is 2.43. The smallest absolute Gasteiger partial charge is 0.303 e. The lowest BCUT2D eigenvalue weighted by atomic mass is 10.1. The second kappa shape index (κ2) is 7.13. The number of fused-ring (bicyclic) bond motifs is 1. The quantitative estimate of drug-likeness (QED) is 0.767. The van der Waals surface area contributed by atoms with Crippen molar-refractivity contribution in [2.45, 2.75) is 38.8 Å². The molecule has 1 aliphatic rings. The van der Waals surface area contributed by atoms with E-state index in [0.717, 1.165) is 0 Å². The molecule has 0 bridgehead atoms. The van der Waals surface area contributed by atoms with Crippen molar-refractivity contribution in [3.8, 4) is 5.75 Å². The summed E-state index contributed by atoms with van der Waals surface area (Å²) in [5.41, 5.74) is 0.559. The van der Waals surface area contributed by atoms with Crippen LogP contribution in [0.2, 0.25) is 0 Å². The van der Waals surface area contributed by atoms with Crippen molar-refractivity contribution in [2.24, 2.45) is 0 Å². The average Bonchev–Trinajstić information content (AvgIpc) is 2.52. The Labute approximate surface area is 134 Å². The molecule has 7 nitrogen and oxygen atoms in total. The Bertz CT molecular complexity index is 616. The molecule has 1 heterocycles. The summed E-state index contributed by atoms with van der Waals surface area (Å²) in [5.74, 6) is -0.951. The van der Waals surface area contributed by atoms with E-state index in [4.69, 9.17) is 9.84 Å². The first-order valence-corrected chi connectivity index (χ1v) is 7.50. The van der Waals surface area contributed by atoms with E-state index in [2.05, 4.69) is 5.32 Å². The third-order valence-electron chi connectivity index (χ3n) is 3.65. The second-order valence-electron chi connectivity index (χ2n) is 5.40. The second-order valence-corrected chi connectivity index (χ2v) is 5.40. The van der Waals surface area contributed by atoms with Gasteiger partial charge in [-0.15, -0.1) is 0 Å². The van der Waals surface area contributed by atoms with E-state index in [1.165, 1.54) is 4.90 Å². The highest BCUT2D eigenvalue weighted by Crippen LogP contribution is 2.34. The standard InChI is InChI=1S/C16H20N2O5/c1-10(15(21)17-9-5-8-14(19)20)18-12-6-3-4-7-13(12)23-11(2)16(18)22/h3-4,6-7,10-11H,5,8-9H2,1-2H3,(H,17,21)(H,19,20). The van der Waals surface area contributed by atoms with E-state index in [1.807, 2.05) is 0 Å². The molecule has 124 valence electrons. The van der Waals surface area contributed by atoms with Gasteiger partial charge in [0, 0.05) is 13.0 Å². The summed E-state index contributed by atoms with van der Waals surface area (Å²) < 4.78 is 5.54. The number of anilines is 1. The number of carbonyl (C=O) groups excluding carboxylic acids is 2. The van der Waals surface area contributed by atoms with Crippen molar-refractivity contribution in [3.05, 3.63) is 24.3 Å². The zero-order valence-electron chi connectivity index (χ0n) is 13.1. The highest BCUT2D eigenvalue weighted by atomic mass is 16.5. The number of carboxylic acid groups (broad SMARTS) is 1. The number of amides is 2. The summed E-state index contributed by atoms with van der Waals surface area (Å²) in [6.07, 6.45) is -0.324. The normalized spacial score (nSPS) is 17.9. The van der Waals surface area contributed by atoms with E-state index in [-0.39, 0.29) is 24.8 Å². The molecule has 1 aromatic carbocycles. The number of carbonyl (C=O) groups is 3. The summed E-state index contributed by atoms with van der Waals surface area (Å²) in [6, 6.07) is 6.35. The third-order valence-corrected chi connectivity index (χ3v) is 3.65. The number of ether oxygens (including phenoxy) is 1. The lowest BCUT2D eigenvalue weighted by Crippen LogP contribution is -2.54. The minimum absolute atomic E-state index is 0.00892. The first kappa shape index (κ1) is 16.8. The Kier molecular flexibility index (Phi) is 5.20. The molecule has 0 saturated carbocycles. The van der Waals surface area contributed by atoms with E-state index >= 15 is 0 Å². The highest BCUT2D eigenvalue weighted by Gasteiger charge is 2.36. The SMILES string of the molecule is CC1Oc2ccccc2N(C(C)C(=O)NCCCC(=O)O)C1=O. The first-order valence-electron chi connectivity index (χ1n) is 7.50. The van der Waals surface area contributed by atoms with E-state index in [0.29, 0.717) is 17.9 Å². The number of hydrogen-bond donors (Lipinski definition) is 2. The van der Waals surface area contributed by atoms with Crippen molar-refractivity contribution in [1.82, 2.24) is 5.32 Å². The molecule has 0 aromatic heterocycles. The Morgan fingerprint density at radius 3 is 2.78 bits per heavy atom. The maximum absolute atomic E-state index is 12.4. The van der Waals surface area contributed by atoms with Gasteiger partial charge in [0.1, 0.15) is 11.8 Å². The van der Waals surface area contributed by atoms with Crippen LogP contribution in [-0.4, -0.2) is 41.6 Å². The average molecular weight is 320 g/mol. The lowest BCUT2D eigenvalue weighted by Gasteiger charge is -2.36. The largest absolute Gasteiger partial charge is 0.481 e. The van der Waals surface area contributed by atoms with Crippen molar-refractivity contribution < 1.29 is 24.2 Å². The van der Waals surface area contributed by atoms with Crippen LogP contribution in [0.1, 0.15) is 26.7 Å². The van der Waals surface area contributed by atoms with Gasteiger partial charge in [-0.2, -0.15) is 0 Å². The summed E-state index contributed by atoms with van der Waals surface area (Å²) >= 11 is 0. The van der Waals surface area contributed by atoms with E-state index in [9.17, 15) is 14.4 Å². The van der Waals surface area contributed by atoms with Gasteiger partial charge in [0.05, 0.1) is 5.69 Å². The van der Waals surface area contributed by atoms with Crippen LogP contribution < -0.4 is 15.0 Å². The zero-order chi connectivity index (χ0) is 17.0. The van der Waals surface area contributed by atoms with Crippen molar-refractivity contribution in [3.63, 3.8) is 0 Å². The van der Waals surface area contributed by atoms with Crippen molar-refractivity contribution in [2.75, 3.05) is 11.4 Å². The first-order chi connectivity index (χ1) is 10.9. The monoisotopic (exact) mass is 320 g/mol. The van der Waals surface area contributed by atoms with E-state index in [1.54, 1.807) is 38.1 Å². The molecular formula is C16H20N2O5. The van der Waals surface area contributed by atoms with Gasteiger partial charge in [-0.1, -0.05) is 12.1 Å². The van der Waals surface area contributed by atoms with Crippen LogP contribution in [0.5, 0.6) is 5.75 Å². The van der Waals surface area contributed by atoms with Crippen molar-refractivity contribution in [1.29, 1.82) is 0 Å². The molecule has 0 saturated heterocycles. The number of aliphatic carboxylic acids is 1. The number of benzene rings is 1. The molecule has 7 heteroatoms. The van der Waals surface area contributed by atoms with Crippen LogP contribution in [0.4, 0.5) is 5.69 Å². The summed E-state index contributed by atoms with van der Waals surface area (Å²) in [5, 5.41) is 11.2. The van der Waals surface area contributed by atoms with Crippen LogP contribution in [0, 0.1) is 0 Å². The number of nitrogens with one attached hydrogen (secondary N) is 1. The molecule has 1 aromatic rings. The third kappa shape index (κ3) is 3.80. The van der Waals surface area contributed by atoms with Crippen molar-refractivity contribution >= 4 is 23.5 Å². The highest BCUT2D eigenvalue weighted by molar-refractivity contribution is 6.05. The zero-order valence-corrected chi connectivity index (χ0v) is 13.1. The van der Waals surface area contributed by atoms with Crippen LogP contribution in [-0.2, 0) is 14.4 Å². The Morgan fingerprint density at radius 1 is 1.39 bits per heavy atom. The minimum atomic E-state index is -0.904. The summed E-state index contributed by atoms with van der Waals surface area (Å²) in [4.78, 5) is 36.5. The van der Waals surface area contributed by atoms with Gasteiger partial charge in [-0.3, -0.25) is 19.3 Å². The molecule has 0 radical (unpaired) electrons. The number of carboxylic acids is 1. The number of hydrogen-bond acceptors (Lipinski definition) is 4. The molecular weight excluding hydrogens is 300 g/mol. The van der Waals surface area contributed by atoms with Gasteiger partial charge in [0.25, 0.3) is 5.91 Å². The predicted octanol–water partition coefficient (Wildman–Crippen LogP) is 1.17. The molecule has 2 amide bonds. The van der Waals surface area contributed by atoms with Crippen LogP contribution >= 0.6 is 0 Å². The topological polar surface area (TPSA) is 95.9 Å². The predicted molar refractivity (Wildman–Crippen MR) is 83.4 cm³/mol. The molecule has 2 unspecified atom stereocenters. The molecule has 2 rings (SSSR count). The fourth-order valence-electron chi connectivity index (χ4n) is 2.43. The van der Waals surface area contributed by atoms with Gasteiger partial charge < -0.3 is 15.2 Å². The van der Waals surface area contributed by atoms with Gasteiger partial charge in [-0.25, -0.2) is 0 Å². The summed E-state index contributed by atoms with van der Waals surface area (Å²) in [7, 11) is 0. The molecule has 0 aliphatic carbocycles. The number of para-hydroxylation sites is 2. The van der Waals surface area contributed by atoms with Crippen LogP contribution in [0.15, 0.2) is 24.3 Å². The molecule has 0 spiro atoms. The minimum Gasteiger partial charge on any atom is -0.481 e. The van der Waals surface area contributed by atoms with E-state index < -0.39 is 18.1 Å². The Morgan fingerprint density at radius 2 is 2.09 bits per heavy atom. The number of nitrogens with zero attached hydrogens (tertiary/aromatic N) is 1.